The molecule has 1 aromatic rings. The van der Waals surface area contributed by atoms with Gasteiger partial charge in [-0.15, -0.1) is 0 Å². The van der Waals surface area contributed by atoms with Crippen molar-refractivity contribution in [2.24, 2.45) is 0 Å². The lowest BCUT2D eigenvalue weighted by molar-refractivity contribution is -0.138. The van der Waals surface area contributed by atoms with Gasteiger partial charge < -0.3 is 5.32 Å². The van der Waals surface area contributed by atoms with E-state index in [-0.39, 0.29) is 5.56 Å². The van der Waals surface area contributed by atoms with Crippen molar-refractivity contribution in [1.82, 2.24) is 5.32 Å². The molecule has 0 aliphatic rings. The van der Waals surface area contributed by atoms with E-state index in [0.717, 1.165) is 12.1 Å². The van der Waals surface area contributed by atoms with E-state index in [1.807, 2.05) is 6.07 Å². The fraction of sp³-hybridized carbons (Fsp3) is 0.429. The minimum Gasteiger partial charge on any atom is -0.340 e. The molecule has 0 spiro atoms. The number of halogens is 3. The number of nitrogens with one attached hydrogen (secondary N) is 1. The third-order valence-electron chi connectivity index (χ3n) is 3.02. The van der Waals surface area contributed by atoms with Crippen molar-refractivity contribution in [1.29, 1.82) is 5.26 Å². The second kappa shape index (κ2) is 5.53. The van der Waals surface area contributed by atoms with Crippen LogP contribution in [0.15, 0.2) is 24.3 Å². The molecule has 3 nitrogen and oxygen atoms in total. The Balaban J connectivity index is 3.10. The molecule has 1 N–H and O–H groups in total. The summed E-state index contributed by atoms with van der Waals surface area (Å²) in [5.41, 5.74) is -1.72. The molecule has 0 bridgehead atoms. The summed E-state index contributed by atoms with van der Waals surface area (Å²) in [7, 11) is 0. The highest BCUT2D eigenvalue weighted by Gasteiger charge is 2.35. The first kappa shape index (κ1) is 16.0. The van der Waals surface area contributed by atoms with Crippen LogP contribution in [0, 0.1) is 11.3 Å². The predicted molar refractivity (Wildman–Crippen MR) is 67.7 cm³/mol. The second-order valence-corrected chi connectivity index (χ2v) is 5.03. The Bertz CT molecular complexity index is 544. The summed E-state index contributed by atoms with van der Waals surface area (Å²) in [6, 6.07) is 5.78. The molecule has 0 heterocycles. The quantitative estimate of drug-likeness (QED) is 0.927. The molecular weight excluding hydrogens is 269 g/mol. The van der Waals surface area contributed by atoms with Crippen molar-refractivity contribution in [3.05, 3.63) is 35.4 Å². The van der Waals surface area contributed by atoms with E-state index >= 15 is 0 Å². The van der Waals surface area contributed by atoms with Gasteiger partial charge in [0.15, 0.2) is 0 Å². The van der Waals surface area contributed by atoms with Crippen LogP contribution in [0.1, 0.15) is 31.9 Å². The van der Waals surface area contributed by atoms with Crippen LogP contribution in [0.3, 0.4) is 0 Å². The molecule has 1 rings (SSSR count). The lowest BCUT2D eigenvalue weighted by Crippen LogP contribution is -2.43. The van der Waals surface area contributed by atoms with Crippen molar-refractivity contribution in [3.8, 4) is 6.07 Å². The fourth-order valence-corrected chi connectivity index (χ4v) is 1.62. The fourth-order valence-electron chi connectivity index (χ4n) is 1.62. The number of nitriles is 1. The molecule has 6 heteroatoms. The molecular formula is C14H15F3N2O. The van der Waals surface area contributed by atoms with Crippen molar-refractivity contribution in [3.63, 3.8) is 0 Å². The highest BCUT2D eigenvalue weighted by molar-refractivity contribution is 5.87. The molecule has 1 atom stereocenters. The number of amides is 1. The zero-order valence-electron chi connectivity index (χ0n) is 11.4. The molecule has 0 saturated heterocycles. The van der Waals surface area contributed by atoms with Crippen LogP contribution < -0.4 is 5.32 Å². The molecule has 1 aromatic carbocycles. The Morgan fingerprint density at radius 2 is 1.85 bits per heavy atom. The van der Waals surface area contributed by atoms with Gasteiger partial charge in [0, 0.05) is 0 Å². The van der Waals surface area contributed by atoms with E-state index in [2.05, 4.69) is 5.32 Å². The summed E-state index contributed by atoms with van der Waals surface area (Å²) >= 11 is 0. The normalized spacial score (nSPS) is 13.4. The van der Waals surface area contributed by atoms with Gasteiger partial charge in [-0.2, -0.15) is 18.4 Å². The maximum atomic E-state index is 12.7. The number of benzene rings is 1. The smallest absolute Gasteiger partial charge is 0.340 e. The molecule has 108 valence electrons. The highest BCUT2D eigenvalue weighted by Crippen LogP contribution is 2.32. The van der Waals surface area contributed by atoms with E-state index in [9.17, 15) is 18.0 Å². The van der Waals surface area contributed by atoms with E-state index in [1.54, 1.807) is 0 Å². The van der Waals surface area contributed by atoms with Gasteiger partial charge in [-0.25, -0.2) is 0 Å². The monoisotopic (exact) mass is 284 g/mol. The SMILES string of the molecule is C[C@@H](C#N)NC(=O)C(C)(C)c1cccc(C(F)(F)F)c1. The third kappa shape index (κ3) is 3.50. The number of hydrogen-bond donors (Lipinski definition) is 1. The van der Waals surface area contributed by atoms with Gasteiger partial charge in [-0.05, 0) is 32.4 Å². The van der Waals surface area contributed by atoms with Crippen LogP contribution in [-0.2, 0) is 16.4 Å². The molecule has 0 aliphatic carbocycles. The first-order valence-corrected chi connectivity index (χ1v) is 5.97. The van der Waals surface area contributed by atoms with Crippen molar-refractivity contribution >= 4 is 5.91 Å². The second-order valence-electron chi connectivity index (χ2n) is 5.03. The van der Waals surface area contributed by atoms with Crippen LogP contribution in [0.25, 0.3) is 0 Å². The average molecular weight is 284 g/mol. The molecule has 0 saturated carbocycles. The topological polar surface area (TPSA) is 52.9 Å². The molecule has 20 heavy (non-hydrogen) atoms. The van der Waals surface area contributed by atoms with Crippen molar-refractivity contribution < 1.29 is 18.0 Å². The van der Waals surface area contributed by atoms with E-state index in [0.29, 0.717) is 0 Å². The first-order chi connectivity index (χ1) is 9.09. The molecule has 0 radical (unpaired) electrons. The Morgan fingerprint density at radius 1 is 1.30 bits per heavy atom. The third-order valence-corrected chi connectivity index (χ3v) is 3.02. The standard InChI is InChI=1S/C14H15F3N2O/c1-9(8-18)19-12(20)13(2,3)10-5-4-6-11(7-10)14(15,16)17/h4-7,9H,1-3H3,(H,19,20)/t9-/m0/s1. The molecule has 0 fully saturated rings. The minimum absolute atomic E-state index is 0.245. The zero-order valence-corrected chi connectivity index (χ0v) is 11.4. The van der Waals surface area contributed by atoms with Crippen LogP contribution in [0.2, 0.25) is 0 Å². The minimum atomic E-state index is -4.46. The summed E-state index contributed by atoms with van der Waals surface area (Å²) in [6.07, 6.45) is -4.46. The summed E-state index contributed by atoms with van der Waals surface area (Å²) < 4.78 is 38.0. The van der Waals surface area contributed by atoms with Gasteiger partial charge in [-0.3, -0.25) is 4.79 Å². The number of carbonyl (C=O) groups excluding carboxylic acids is 1. The summed E-state index contributed by atoms with van der Waals surface area (Å²) in [4.78, 5) is 12.1. The lowest BCUT2D eigenvalue weighted by Gasteiger charge is -2.25. The van der Waals surface area contributed by atoms with E-state index < -0.39 is 29.1 Å². The van der Waals surface area contributed by atoms with Crippen molar-refractivity contribution in [2.45, 2.75) is 38.4 Å². The van der Waals surface area contributed by atoms with Gasteiger partial charge >= 0.3 is 6.18 Å². The Kier molecular flexibility index (Phi) is 4.43. The molecule has 0 unspecified atom stereocenters. The highest BCUT2D eigenvalue weighted by atomic mass is 19.4. The Hall–Kier alpha value is -2.03. The molecule has 0 aromatic heterocycles. The van der Waals surface area contributed by atoms with Gasteiger partial charge in [0.05, 0.1) is 17.0 Å². The summed E-state index contributed by atoms with van der Waals surface area (Å²) in [5.74, 6) is -0.495. The van der Waals surface area contributed by atoms with Gasteiger partial charge in [0.1, 0.15) is 6.04 Å². The number of rotatable bonds is 3. The predicted octanol–water partition coefficient (Wildman–Crippen LogP) is 3.01. The van der Waals surface area contributed by atoms with Crippen molar-refractivity contribution in [2.75, 3.05) is 0 Å². The molecule has 1 amide bonds. The van der Waals surface area contributed by atoms with Gasteiger partial charge in [0.2, 0.25) is 5.91 Å². The van der Waals surface area contributed by atoms with E-state index in [4.69, 9.17) is 5.26 Å². The summed E-state index contributed by atoms with van der Waals surface area (Å²) in [6.45, 7) is 4.53. The zero-order chi connectivity index (χ0) is 15.6. The number of carbonyl (C=O) groups is 1. The lowest BCUT2D eigenvalue weighted by atomic mass is 9.82. The molecule has 0 aliphatic heterocycles. The van der Waals surface area contributed by atoms with Gasteiger partial charge in [-0.1, -0.05) is 18.2 Å². The van der Waals surface area contributed by atoms with Crippen LogP contribution in [-0.4, -0.2) is 11.9 Å². The average Bonchev–Trinajstić information content (AvgIpc) is 2.37. The van der Waals surface area contributed by atoms with E-state index in [1.165, 1.54) is 32.9 Å². The van der Waals surface area contributed by atoms with Crippen LogP contribution in [0.4, 0.5) is 13.2 Å². The first-order valence-electron chi connectivity index (χ1n) is 5.97. The number of hydrogen-bond acceptors (Lipinski definition) is 2. The maximum Gasteiger partial charge on any atom is 0.416 e. The van der Waals surface area contributed by atoms with Crippen LogP contribution >= 0.6 is 0 Å². The Morgan fingerprint density at radius 3 is 2.35 bits per heavy atom. The number of alkyl halides is 3. The largest absolute Gasteiger partial charge is 0.416 e. The van der Waals surface area contributed by atoms with Crippen LogP contribution in [0.5, 0.6) is 0 Å². The summed E-state index contributed by atoms with van der Waals surface area (Å²) in [5, 5.41) is 11.1. The Labute approximate surface area is 115 Å². The maximum absolute atomic E-state index is 12.7. The number of nitrogens with zero attached hydrogens (tertiary/aromatic N) is 1. The van der Waals surface area contributed by atoms with Gasteiger partial charge in [0.25, 0.3) is 0 Å².